The molecule has 0 aromatic heterocycles. The summed E-state index contributed by atoms with van der Waals surface area (Å²) in [7, 11) is -3.58. The van der Waals surface area contributed by atoms with Gasteiger partial charge in [-0.15, -0.1) is 0 Å². The van der Waals surface area contributed by atoms with Gasteiger partial charge in [-0.25, -0.2) is 13.1 Å². The third kappa shape index (κ3) is 5.30. The molecule has 0 radical (unpaired) electrons. The Bertz CT molecular complexity index is 602. The molecular weight excluding hydrogens is 312 g/mol. The molecule has 0 atom stereocenters. The summed E-state index contributed by atoms with van der Waals surface area (Å²) in [6.07, 6.45) is 0.836. The molecule has 0 fully saturated rings. The van der Waals surface area contributed by atoms with Crippen LogP contribution in [0.15, 0.2) is 23.1 Å². The summed E-state index contributed by atoms with van der Waals surface area (Å²) >= 11 is 5.89. The van der Waals surface area contributed by atoms with Crippen LogP contribution < -0.4 is 4.72 Å². The van der Waals surface area contributed by atoms with Gasteiger partial charge in [0.2, 0.25) is 15.9 Å². The van der Waals surface area contributed by atoms with E-state index in [1.165, 1.54) is 19.1 Å². The number of rotatable bonds is 7. The van der Waals surface area contributed by atoms with Gasteiger partial charge in [0.25, 0.3) is 0 Å². The second kappa shape index (κ2) is 7.77. The van der Waals surface area contributed by atoms with E-state index in [1.54, 1.807) is 17.9 Å². The first-order valence-electron chi connectivity index (χ1n) is 6.79. The SMILES string of the molecule is CCCN(CCNS(=O)(=O)c1ccc(Cl)c(C)c1)C(C)=O. The van der Waals surface area contributed by atoms with Crippen molar-refractivity contribution in [3.05, 3.63) is 28.8 Å². The highest BCUT2D eigenvalue weighted by Crippen LogP contribution is 2.19. The summed E-state index contributed by atoms with van der Waals surface area (Å²) in [5, 5.41) is 0.527. The molecule has 5 nitrogen and oxygen atoms in total. The van der Waals surface area contributed by atoms with Crippen LogP contribution in [0.3, 0.4) is 0 Å². The maximum absolute atomic E-state index is 12.1. The molecule has 0 spiro atoms. The predicted molar refractivity (Wildman–Crippen MR) is 83.9 cm³/mol. The van der Waals surface area contributed by atoms with Crippen molar-refractivity contribution in [3.8, 4) is 0 Å². The third-order valence-corrected chi connectivity index (χ3v) is 4.94. The molecular formula is C14H21ClN2O3S. The number of sulfonamides is 1. The van der Waals surface area contributed by atoms with Gasteiger partial charge in [0.1, 0.15) is 0 Å². The smallest absolute Gasteiger partial charge is 0.240 e. The molecule has 1 rings (SSSR count). The van der Waals surface area contributed by atoms with Crippen LogP contribution in [0, 0.1) is 6.92 Å². The minimum absolute atomic E-state index is 0.0571. The largest absolute Gasteiger partial charge is 0.342 e. The predicted octanol–water partition coefficient (Wildman–Crippen LogP) is 2.19. The fourth-order valence-electron chi connectivity index (χ4n) is 1.88. The van der Waals surface area contributed by atoms with Crippen molar-refractivity contribution in [1.82, 2.24) is 9.62 Å². The third-order valence-electron chi connectivity index (χ3n) is 3.05. The lowest BCUT2D eigenvalue weighted by molar-refractivity contribution is -0.128. The molecule has 0 bridgehead atoms. The van der Waals surface area contributed by atoms with Gasteiger partial charge in [-0.1, -0.05) is 18.5 Å². The Balaban J connectivity index is 2.68. The van der Waals surface area contributed by atoms with E-state index < -0.39 is 10.0 Å². The molecule has 118 valence electrons. The minimum Gasteiger partial charge on any atom is -0.342 e. The van der Waals surface area contributed by atoms with Gasteiger partial charge < -0.3 is 4.90 Å². The van der Waals surface area contributed by atoms with E-state index in [2.05, 4.69) is 4.72 Å². The van der Waals surface area contributed by atoms with E-state index in [9.17, 15) is 13.2 Å². The highest BCUT2D eigenvalue weighted by atomic mass is 35.5. The van der Waals surface area contributed by atoms with Crippen LogP contribution in [0.5, 0.6) is 0 Å². The molecule has 0 aliphatic heterocycles. The van der Waals surface area contributed by atoms with Gasteiger partial charge in [0.05, 0.1) is 4.90 Å². The number of carbonyl (C=O) groups is 1. The van der Waals surface area contributed by atoms with E-state index >= 15 is 0 Å². The fraction of sp³-hybridized carbons (Fsp3) is 0.500. The summed E-state index contributed by atoms with van der Waals surface area (Å²) in [4.78, 5) is 13.2. The lowest BCUT2D eigenvalue weighted by Gasteiger charge is -2.20. The van der Waals surface area contributed by atoms with Crippen molar-refractivity contribution in [2.24, 2.45) is 0 Å². The van der Waals surface area contributed by atoms with E-state index in [-0.39, 0.29) is 17.3 Å². The molecule has 0 unspecified atom stereocenters. The Kier molecular flexibility index (Phi) is 6.64. The first kappa shape index (κ1) is 17.9. The van der Waals surface area contributed by atoms with E-state index in [0.717, 1.165) is 6.42 Å². The van der Waals surface area contributed by atoms with E-state index in [0.29, 0.717) is 23.7 Å². The van der Waals surface area contributed by atoms with Crippen molar-refractivity contribution in [2.75, 3.05) is 19.6 Å². The fourth-order valence-corrected chi connectivity index (χ4v) is 3.10. The van der Waals surface area contributed by atoms with E-state index in [1.807, 2.05) is 6.92 Å². The van der Waals surface area contributed by atoms with Gasteiger partial charge in [0, 0.05) is 31.6 Å². The molecule has 1 aromatic rings. The molecule has 1 N–H and O–H groups in total. The summed E-state index contributed by atoms with van der Waals surface area (Å²) in [6.45, 7) is 6.36. The van der Waals surface area contributed by atoms with Gasteiger partial charge in [-0.05, 0) is 37.1 Å². The summed E-state index contributed by atoms with van der Waals surface area (Å²) in [6, 6.07) is 4.55. The van der Waals surface area contributed by atoms with Gasteiger partial charge in [0.15, 0.2) is 0 Å². The normalized spacial score (nSPS) is 11.4. The standard InChI is InChI=1S/C14H21ClN2O3S/c1-4-8-17(12(3)18)9-7-16-21(19,20)13-5-6-14(15)11(2)10-13/h5-6,10,16H,4,7-9H2,1-3H3. The van der Waals surface area contributed by atoms with Crippen LogP contribution in [-0.2, 0) is 14.8 Å². The number of benzene rings is 1. The first-order valence-corrected chi connectivity index (χ1v) is 8.65. The molecule has 1 aromatic carbocycles. The van der Waals surface area contributed by atoms with Crippen LogP contribution in [0.2, 0.25) is 5.02 Å². The molecule has 1 amide bonds. The van der Waals surface area contributed by atoms with Crippen LogP contribution in [-0.4, -0.2) is 38.9 Å². The number of nitrogens with zero attached hydrogens (tertiary/aromatic N) is 1. The molecule has 0 saturated heterocycles. The van der Waals surface area contributed by atoms with Crippen molar-refractivity contribution in [3.63, 3.8) is 0 Å². The Morgan fingerprint density at radius 3 is 2.52 bits per heavy atom. The lowest BCUT2D eigenvalue weighted by atomic mass is 10.2. The van der Waals surface area contributed by atoms with Crippen molar-refractivity contribution >= 4 is 27.5 Å². The van der Waals surface area contributed by atoms with Gasteiger partial charge in [-0.2, -0.15) is 0 Å². The number of amides is 1. The Hall–Kier alpha value is -1.11. The van der Waals surface area contributed by atoms with Crippen LogP contribution in [0.25, 0.3) is 0 Å². The Morgan fingerprint density at radius 2 is 2.00 bits per heavy atom. The van der Waals surface area contributed by atoms with Crippen molar-refractivity contribution in [1.29, 1.82) is 0 Å². The average molecular weight is 333 g/mol. The molecule has 0 aliphatic rings. The summed E-state index contributed by atoms with van der Waals surface area (Å²) in [5.41, 5.74) is 0.705. The molecule has 7 heteroatoms. The van der Waals surface area contributed by atoms with Gasteiger partial charge >= 0.3 is 0 Å². The number of nitrogens with one attached hydrogen (secondary N) is 1. The van der Waals surface area contributed by atoms with Crippen molar-refractivity contribution < 1.29 is 13.2 Å². The summed E-state index contributed by atoms with van der Waals surface area (Å²) < 4.78 is 26.8. The maximum atomic E-state index is 12.1. The van der Waals surface area contributed by atoms with Crippen molar-refractivity contribution in [2.45, 2.75) is 32.1 Å². The summed E-state index contributed by atoms with van der Waals surface area (Å²) in [5.74, 6) is -0.0571. The molecule has 0 aliphatic carbocycles. The number of halogens is 1. The van der Waals surface area contributed by atoms with E-state index in [4.69, 9.17) is 11.6 Å². The second-order valence-corrected chi connectivity index (χ2v) is 6.99. The number of carbonyl (C=O) groups excluding carboxylic acids is 1. The molecule has 0 heterocycles. The zero-order chi connectivity index (χ0) is 16.0. The van der Waals surface area contributed by atoms with Crippen LogP contribution >= 0.6 is 11.6 Å². The number of aryl methyl sites for hydroxylation is 1. The zero-order valence-electron chi connectivity index (χ0n) is 12.5. The highest BCUT2D eigenvalue weighted by Gasteiger charge is 2.15. The lowest BCUT2D eigenvalue weighted by Crippen LogP contribution is -2.37. The quantitative estimate of drug-likeness (QED) is 0.832. The van der Waals surface area contributed by atoms with Crippen LogP contribution in [0.1, 0.15) is 25.8 Å². The molecule has 21 heavy (non-hydrogen) atoms. The average Bonchev–Trinajstić information content (AvgIpc) is 2.40. The second-order valence-electron chi connectivity index (χ2n) is 4.81. The molecule has 0 saturated carbocycles. The Morgan fingerprint density at radius 1 is 1.33 bits per heavy atom. The number of hydrogen-bond acceptors (Lipinski definition) is 3. The minimum atomic E-state index is -3.58. The van der Waals surface area contributed by atoms with Gasteiger partial charge in [-0.3, -0.25) is 4.79 Å². The first-order chi connectivity index (χ1) is 9.77. The topological polar surface area (TPSA) is 66.5 Å². The zero-order valence-corrected chi connectivity index (χ0v) is 14.1. The number of hydrogen-bond donors (Lipinski definition) is 1. The van der Waals surface area contributed by atoms with Crippen LogP contribution in [0.4, 0.5) is 0 Å². The Labute approximate surface area is 131 Å². The highest BCUT2D eigenvalue weighted by molar-refractivity contribution is 7.89. The monoisotopic (exact) mass is 332 g/mol. The maximum Gasteiger partial charge on any atom is 0.240 e.